The van der Waals surface area contributed by atoms with Crippen LogP contribution in [0.5, 0.6) is 0 Å². The van der Waals surface area contributed by atoms with Crippen LogP contribution in [0.2, 0.25) is 0 Å². The van der Waals surface area contributed by atoms with E-state index >= 15 is 0 Å². The Morgan fingerprint density at radius 1 is 0.903 bits per heavy atom. The van der Waals surface area contributed by atoms with Gasteiger partial charge in [-0.05, 0) is 42.5 Å². The molecule has 0 aliphatic heterocycles. The smallest absolute Gasteiger partial charge is 0.347 e. The Hall–Kier alpha value is -4.26. The molecule has 0 unspecified atom stereocenters. The van der Waals surface area contributed by atoms with Gasteiger partial charge in [0.2, 0.25) is 0 Å². The maximum Gasteiger partial charge on any atom is 0.347 e. The topological polar surface area (TPSA) is 87.9 Å². The first-order valence-corrected chi connectivity index (χ1v) is 9.87. The summed E-state index contributed by atoms with van der Waals surface area (Å²) in [5.41, 5.74) is 4.60. The number of aromatic amines is 1. The summed E-state index contributed by atoms with van der Waals surface area (Å²) in [4.78, 5) is 32.0. The van der Waals surface area contributed by atoms with Crippen molar-refractivity contribution in [2.24, 2.45) is 0 Å². The summed E-state index contributed by atoms with van der Waals surface area (Å²) in [5.74, 6) is 0.462. The quantitative estimate of drug-likeness (QED) is 0.336. The molecule has 4 aromatic heterocycles. The number of hydrogen-bond donors (Lipinski definition) is 1. The molecule has 0 saturated heterocycles. The number of fused-ring (bicyclic) bond motifs is 7. The fourth-order valence-electron chi connectivity index (χ4n) is 4.01. The second kappa shape index (κ2) is 6.37. The van der Waals surface area contributed by atoms with Crippen LogP contribution in [0.15, 0.2) is 70.1 Å². The fraction of sp³-hybridized carbons (Fsp3) is 0.0833. The number of benzene rings is 2. The van der Waals surface area contributed by atoms with Gasteiger partial charge in [-0.3, -0.25) is 9.97 Å². The zero-order chi connectivity index (χ0) is 21.1. The Balaban J connectivity index is 1.65. The molecular formula is C24H17N5O2. The Morgan fingerprint density at radius 2 is 1.65 bits per heavy atom. The number of nitrogens with zero attached hydrogens (tertiary/aromatic N) is 4. The number of anilines is 1. The van der Waals surface area contributed by atoms with Crippen molar-refractivity contribution in [3.05, 3.63) is 71.3 Å². The molecule has 0 fully saturated rings. The molecule has 7 nitrogen and oxygen atoms in total. The molecule has 0 radical (unpaired) electrons. The number of rotatable bonds is 2. The van der Waals surface area contributed by atoms with E-state index in [4.69, 9.17) is 9.40 Å². The summed E-state index contributed by atoms with van der Waals surface area (Å²) in [6, 6.07) is 15.3. The van der Waals surface area contributed by atoms with Crippen LogP contribution in [0, 0.1) is 0 Å². The highest BCUT2D eigenvalue weighted by Gasteiger charge is 2.17. The standard InChI is InChI=1S/C24H17N5O2/c1-29(2)14-8-7-13-11-17(24(30)31-18(13)12-14)23-27-21-15-5-3-9-25-19(15)20-16(22(21)28-23)6-4-10-26-20/h3-12H,1-2H3,(H,27,28). The van der Waals surface area contributed by atoms with E-state index in [1.54, 1.807) is 12.4 Å². The third kappa shape index (κ3) is 2.60. The second-order valence-corrected chi connectivity index (χ2v) is 7.67. The molecule has 6 rings (SSSR count). The lowest BCUT2D eigenvalue weighted by atomic mass is 10.1. The van der Waals surface area contributed by atoms with Gasteiger partial charge in [-0.2, -0.15) is 0 Å². The molecule has 0 spiro atoms. The number of imidazole rings is 1. The average Bonchev–Trinajstić information content (AvgIpc) is 3.24. The van der Waals surface area contributed by atoms with Crippen molar-refractivity contribution in [2.75, 3.05) is 19.0 Å². The molecule has 2 aromatic carbocycles. The second-order valence-electron chi connectivity index (χ2n) is 7.67. The van der Waals surface area contributed by atoms with Gasteiger partial charge in [-0.25, -0.2) is 9.78 Å². The lowest BCUT2D eigenvalue weighted by Gasteiger charge is -2.12. The largest absolute Gasteiger partial charge is 0.422 e. The Kier molecular flexibility index (Phi) is 3.61. The number of hydrogen-bond acceptors (Lipinski definition) is 6. The highest BCUT2D eigenvalue weighted by atomic mass is 16.4. The van der Waals surface area contributed by atoms with Crippen LogP contribution in [-0.4, -0.2) is 34.0 Å². The molecule has 0 aliphatic carbocycles. The van der Waals surface area contributed by atoms with Crippen LogP contribution < -0.4 is 10.5 Å². The van der Waals surface area contributed by atoms with Crippen LogP contribution in [0.25, 0.3) is 55.2 Å². The molecule has 4 heterocycles. The summed E-state index contributed by atoms with van der Waals surface area (Å²) in [7, 11) is 3.89. The first kappa shape index (κ1) is 17.6. The SMILES string of the molecule is CN(C)c1ccc2cc(-c3nc4c5cccnc5c5ncccc5c4[nH]3)c(=O)oc2c1. The zero-order valence-electron chi connectivity index (χ0n) is 16.9. The van der Waals surface area contributed by atoms with E-state index in [1.807, 2.05) is 67.5 Å². The molecule has 0 amide bonds. The first-order chi connectivity index (χ1) is 15.1. The Bertz CT molecular complexity index is 1630. The number of aromatic nitrogens is 4. The number of nitrogens with one attached hydrogen (secondary N) is 1. The predicted molar refractivity (Wildman–Crippen MR) is 123 cm³/mol. The van der Waals surface area contributed by atoms with Gasteiger partial charge < -0.3 is 14.3 Å². The fourth-order valence-corrected chi connectivity index (χ4v) is 4.01. The van der Waals surface area contributed by atoms with Crippen LogP contribution >= 0.6 is 0 Å². The molecule has 0 aliphatic rings. The van der Waals surface area contributed by atoms with Crippen molar-refractivity contribution in [3.63, 3.8) is 0 Å². The van der Waals surface area contributed by atoms with Gasteiger partial charge in [0.05, 0.1) is 22.1 Å². The number of pyridine rings is 2. The van der Waals surface area contributed by atoms with E-state index < -0.39 is 5.63 Å². The minimum absolute atomic E-state index is 0.385. The van der Waals surface area contributed by atoms with Crippen molar-refractivity contribution in [1.82, 2.24) is 19.9 Å². The lowest BCUT2D eigenvalue weighted by Crippen LogP contribution is -2.09. The van der Waals surface area contributed by atoms with Crippen molar-refractivity contribution >= 4 is 49.5 Å². The zero-order valence-corrected chi connectivity index (χ0v) is 16.9. The van der Waals surface area contributed by atoms with Crippen LogP contribution in [0.4, 0.5) is 5.69 Å². The van der Waals surface area contributed by atoms with E-state index in [0.29, 0.717) is 17.0 Å². The monoisotopic (exact) mass is 407 g/mol. The lowest BCUT2D eigenvalue weighted by molar-refractivity contribution is 0.563. The molecule has 150 valence electrons. The third-order valence-electron chi connectivity index (χ3n) is 5.56. The predicted octanol–water partition coefficient (Wildman–Crippen LogP) is 4.50. The van der Waals surface area contributed by atoms with Crippen LogP contribution in [0.1, 0.15) is 0 Å². The van der Waals surface area contributed by atoms with Crippen LogP contribution in [-0.2, 0) is 0 Å². The van der Waals surface area contributed by atoms with Crippen molar-refractivity contribution < 1.29 is 4.42 Å². The minimum Gasteiger partial charge on any atom is -0.422 e. The first-order valence-electron chi connectivity index (χ1n) is 9.87. The normalized spacial score (nSPS) is 11.7. The highest BCUT2D eigenvalue weighted by Crippen LogP contribution is 2.33. The van der Waals surface area contributed by atoms with Crippen molar-refractivity contribution in [3.8, 4) is 11.4 Å². The number of H-pyrrole nitrogens is 1. The minimum atomic E-state index is -0.438. The molecule has 6 aromatic rings. The van der Waals surface area contributed by atoms with Gasteiger partial charge >= 0.3 is 5.63 Å². The third-order valence-corrected chi connectivity index (χ3v) is 5.56. The molecule has 7 heteroatoms. The Labute approximate surface area is 176 Å². The van der Waals surface area contributed by atoms with Crippen molar-refractivity contribution in [1.29, 1.82) is 0 Å². The van der Waals surface area contributed by atoms with E-state index in [2.05, 4.69) is 15.0 Å². The average molecular weight is 407 g/mol. The molecule has 0 saturated carbocycles. The molecule has 31 heavy (non-hydrogen) atoms. The maximum atomic E-state index is 12.9. The summed E-state index contributed by atoms with van der Waals surface area (Å²) in [6.45, 7) is 0. The van der Waals surface area contributed by atoms with E-state index in [0.717, 1.165) is 43.9 Å². The molecule has 0 bridgehead atoms. The van der Waals surface area contributed by atoms with E-state index in [-0.39, 0.29) is 0 Å². The van der Waals surface area contributed by atoms with Crippen LogP contribution in [0.3, 0.4) is 0 Å². The summed E-state index contributed by atoms with van der Waals surface area (Å²) >= 11 is 0. The van der Waals surface area contributed by atoms with E-state index in [1.165, 1.54) is 0 Å². The highest BCUT2D eigenvalue weighted by molar-refractivity contribution is 6.21. The van der Waals surface area contributed by atoms with Gasteiger partial charge in [0.15, 0.2) is 0 Å². The summed E-state index contributed by atoms with van der Waals surface area (Å²) in [5, 5.41) is 2.62. The molecule has 0 atom stereocenters. The Morgan fingerprint density at radius 3 is 2.42 bits per heavy atom. The molecular weight excluding hydrogens is 390 g/mol. The van der Waals surface area contributed by atoms with Gasteiger partial charge in [-0.15, -0.1) is 0 Å². The van der Waals surface area contributed by atoms with Crippen molar-refractivity contribution in [2.45, 2.75) is 0 Å². The summed E-state index contributed by atoms with van der Waals surface area (Å²) < 4.78 is 5.64. The van der Waals surface area contributed by atoms with Gasteiger partial charge in [-0.1, -0.05) is 0 Å². The summed E-state index contributed by atoms with van der Waals surface area (Å²) in [6.07, 6.45) is 3.50. The maximum absolute atomic E-state index is 12.9. The van der Waals surface area contributed by atoms with Gasteiger partial charge in [0, 0.05) is 54.4 Å². The van der Waals surface area contributed by atoms with Gasteiger partial charge in [0.1, 0.15) is 17.0 Å². The van der Waals surface area contributed by atoms with E-state index in [9.17, 15) is 4.79 Å². The van der Waals surface area contributed by atoms with Gasteiger partial charge in [0.25, 0.3) is 0 Å². The molecule has 1 N–H and O–H groups in total.